The van der Waals surface area contributed by atoms with Crippen LogP contribution in [0.1, 0.15) is 36.1 Å². The quantitative estimate of drug-likeness (QED) is 0.541. The molecule has 0 unspecified atom stereocenters. The van der Waals surface area contributed by atoms with Crippen molar-refractivity contribution < 1.29 is 19.0 Å². The molecule has 3 aromatic rings. The minimum absolute atomic E-state index is 0.217. The molecular formula is C25H26N2O4. The Balaban J connectivity index is 1.47. The molecule has 0 saturated heterocycles. The normalized spacial score (nSPS) is 14.5. The van der Waals surface area contributed by atoms with E-state index in [1.165, 1.54) is 11.1 Å². The highest BCUT2D eigenvalue weighted by atomic mass is 16.6. The van der Waals surface area contributed by atoms with Crippen molar-refractivity contribution in [1.29, 1.82) is 0 Å². The van der Waals surface area contributed by atoms with Crippen molar-refractivity contribution in [3.8, 4) is 22.8 Å². The summed E-state index contributed by atoms with van der Waals surface area (Å²) in [7, 11) is 1.61. The molecule has 1 atom stereocenters. The number of ether oxygens (including phenoxy) is 3. The Morgan fingerprint density at radius 2 is 2.10 bits per heavy atom. The lowest BCUT2D eigenvalue weighted by Crippen LogP contribution is -2.11. The molecule has 160 valence electrons. The SMILES string of the molecule is CCC(=O)O[C@@H]1COc2cc(NCc3cccc(-c4ccc(OC)nc4)c3C)ccc21. The number of esters is 1. The number of methoxy groups -OCH3 is 1. The van der Waals surface area contributed by atoms with Gasteiger partial charge >= 0.3 is 5.97 Å². The van der Waals surface area contributed by atoms with Crippen LogP contribution in [0, 0.1) is 6.92 Å². The monoisotopic (exact) mass is 418 g/mol. The van der Waals surface area contributed by atoms with Crippen LogP contribution in [0.4, 0.5) is 5.69 Å². The number of benzene rings is 2. The van der Waals surface area contributed by atoms with Gasteiger partial charge in [-0.2, -0.15) is 0 Å². The van der Waals surface area contributed by atoms with E-state index in [0.29, 0.717) is 25.5 Å². The van der Waals surface area contributed by atoms with Crippen LogP contribution in [0.2, 0.25) is 0 Å². The molecule has 0 radical (unpaired) electrons. The third-order valence-electron chi connectivity index (χ3n) is 5.50. The lowest BCUT2D eigenvalue weighted by atomic mass is 9.97. The third kappa shape index (κ3) is 4.48. The minimum Gasteiger partial charge on any atom is -0.489 e. The van der Waals surface area contributed by atoms with E-state index in [-0.39, 0.29) is 12.1 Å². The molecule has 0 spiro atoms. The number of hydrogen-bond acceptors (Lipinski definition) is 6. The Kier molecular flexibility index (Phi) is 6.07. The van der Waals surface area contributed by atoms with Gasteiger partial charge in [-0.25, -0.2) is 4.98 Å². The van der Waals surface area contributed by atoms with Crippen molar-refractivity contribution in [2.24, 2.45) is 0 Å². The summed E-state index contributed by atoms with van der Waals surface area (Å²) in [6.07, 6.45) is 1.86. The summed E-state index contributed by atoms with van der Waals surface area (Å²) in [5, 5.41) is 3.47. The van der Waals surface area contributed by atoms with Gasteiger partial charge in [0.15, 0.2) is 6.10 Å². The van der Waals surface area contributed by atoms with Crippen molar-refractivity contribution in [2.75, 3.05) is 19.0 Å². The maximum atomic E-state index is 11.6. The zero-order valence-corrected chi connectivity index (χ0v) is 18.0. The van der Waals surface area contributed by atoms with Crippen LogP contribution in [0.5, 0.6) is 11.6 Å². The highest BCUT2D eigenvalue weighted by Crippen LogP contribution is 2.37. The van der Waals surface area contributed by atoms with Gasteiger partial charge < -0.3 is 19.5 Å². The van der Waals surface area contributed by atoms with E-state index in [0.717, 1.165) is 28.1 Å². The lowest BCUT2D eigenvalue weighted by molar-refractivity contribution is -0.149. The fraction of sp³-hybridized carbons (Fsp3) is 0.280. The summed E-state index contributed by atoms with van der Waals surface area (Å²) in [4.78, 5) is 15.9. The first-order chi connectivity index (χ1) is 15.1. The fourth-order valence-corrected chi connectivity index (χ4v) is 3.68. The molecule has 1 aromatic heterocycles. The molecule has 6 nitrogen and oxygen atoms in total. The molecule has 6 heteroatoms. The van der Waals surface area contributed by atoms with E-state index in [9.17, 15) is 4.79 Å². The van der Waals surface area contributed by atoms with Crippen molar-refractivity contribution in [3.63, 3.8) is 0 Å². The Labute approximate surface area is 182 Å². The van der Waals surface area contributed by atoms with E-state index in [4.69, 9.17) is 14.2 Å². The maximum Gasteiger partial charge on any atom is 0.306 e. The Hall–Kier alpha value is -3.54. The minimum atomic E-state index is -0.325. The number of carbonyl (C=O) groups is 1. The van der Waals surface area contributed by atoms with Gasteiger partial charge in [0.05, 0.1) is 7.11 Å². The predicted octanol–water partition coefficient (Wildman–Crippen LogP) is 5.06. The summed E-state index contributed by atoms with van der Waals surface area (Å²) in [5.74, 6) is 1.14. The number of aromatic nitrogens is 1. The van der Waals surface area contributed by atoms with Crippen molar-refractivity contribution >= 4 is 11.7 Å². The molecule has 4 rings (SSSR count). The molecule has 0 bridgehead atoms. The fourth-order valence-electron chi connectivity index (χ4n) is 3.68. The lowest BCUT2D eigenvalue weighted by Gasteiger charge is -2.14. The van der Waals surface area contributed by atoms with E-state index in [1.807, 2.05) is 36.5 Å². The van der Waals surface area contributed by atoms with Crippen LogP contribution < -0.4 is 14.8 Å². The Bertz CT molecular complexity index is 1080. The largest absolute Gasteiger partial charge is 0.489 e. The summed E-state index contributed by atoms with van der Waals surface area (Å²) < 4.78 is 16.3. The summed E-state index contributed by atoms with van der Waals surface area (Å²) in [6.45, 7) is 4.95. The van der Waals surface area contributed by atoms with Crippen molar-refractivity contribution in [3.05, 3.63) is 71.4 Å². The zero-order chi connectivity index (χ0) is 21.8. The number of carbonyl (C=O) groups excluding carboxylic acids is 1. The molecule has 1 aliphatic heterocycles. The molecule has 0 fully saturated rings. The highest BCUT2D eigenvalue weighted by molar-refractivity contribution is 5.70. The first-order valence-electron chi connectivity index (χ1n) is 10.4. The number of rotatable bonds is 7. The van der Waals surface area contributed by atoms with Crippen LogP contribution >= 0.6 is 0 Å². The maximum absolute atomic E-state index is 11.6. The molecule has 0 saturated carbocycles. The van der Waals surface area contributed by atoms with Gasteiger partial charge in [0.2, 0.25) is 5.88 Å². The van der Waals surface area contributed by atoms with Gasteiger partial charge in [-0.1, -0.05) is 25.1 Å². The molecule has 0 amide bonds. The second-order valence-corrected chi connectivity index (χ2v) is 7.43. The molecular weight excluding hydrogens is 392 g/mol. The van der Waals surface area contributed by atoms with Crippen molar-refractivity contribution in [2.45, 2.75) is 32.9 Å². The topological polar surface area (TPSA) is 69.7 Å². The van der Waals surface area contributed by atoms with E-state index in [1.54, 1.807) is 14.0 Å². The summed E-state index contributed by atoms with van der Waals surface area (Å²) in [5.41, 5.74) is 6.47. The number of anilines is 1. The van der Waals surface area contributed by atoms with Crippen LogP contribution in [0.15, 0.2) is 54.7 Å². The summed E-state index contributed by atoms with van der Waals surface area (Å²) >= 11 is 0. The van der Waals surface area contributed by atoms with Gasteiger partial charge in [-0.15, -0.1) is 0 Å². The molecule has 1 aliphatic rings. The third-order valence-corrected chi connectivity index (χ3v) is 5.50. The zero-order valence-electron chi connectivity index (χ0n) is 18.0. The van der Waals surface area contributed by atoms with Crippen LogP contribution in [0.25, 0.3) is 11.1 Å². The highest BCUT2D eigenvalue weighted by Gasteiger charge is 2.27. The smallest absolute Gasteiger partial charge is 0.306 e. The van der Waals surface area contributed by atoms with E-state index in [2.05, 4.69) is 35.4 Å². The van der Waals surface area contributed by atoms with Crippen LogP contribution in [-0.2, 0) is 16.1 Å². The van der Waals surface area contributed by atoms with Gasteiger partial charge in [0, 0.05) is 48.1 Å². The molecule has 2 aromatic carbocycles. The molecule has 1 N–H and O–H groups in total. The van der Waals surface area contributed by atoms with Crippen molar-refractivity contribution in [1.82, 2.24) is 4.98 Å². The Morgan fingerprint density at radius 3 is 2.84 bits per heavy atom. The Morgan fingerprint density at radius 1 is 1.23 bits per heavy atom. The summed E-state index contributed by atoms with van der Waals surface area (Å²) in [6, 6.07) is 16.1. The van der Waals surface area contributed by atoms with Crippen LogP contribution in [-0.4, -0.2) is 24.7 Å². The number of pyridine rings is 1. The average molecular weight is 418 g/mol. The second-order valence-electron chi connectivity index (χ2n) is 7.43. The first-order valence-corrected chi connectivity index (χ1v) is 10.4. The number of nitrogens with one attached hydrogen (secondary N) is 1. The van der Waals surface area contributed by atoms with Gasteiger partial charge in [0.1, 0.15) is 12.4 Å². The number of fused-ring (bicyclic) bond motifs is 1. The molecule has 31 heavy (non-hydrogen) atoms. The number of hydrogen-bond donors (Lipinski definition) is 1. The second kappa shape index (κ2) is 9.08. The van der Waals surface area contributed by atoms with Crippen LogP contribution in [0.3, 0.4) is 0 Å². The van der Waals surface area contributed by atoms with E-state index < -0.39 is 0 Å². The molecule has 0 aliphatic carbocycles. The number of nitrogens with zero attached hydrogens (tertiary/aromatic N) is 1. The van der Waals surface area contributed by atoms with Gasteiger partial charge in [0.25, 0.3) is 0 Å². The predicted molar refractivity (Wildman–Crippen MR) is 119 cm³/mol. The molecule has 2 heterocycles. The van der Waals surface area contributed by atoms with Gasteiger partial charge in [-0.05, 0) is 41.8 Å². The van der Waals surface area contributed by atoms with Gasteiger partial charge in [-0.3, -0.25) is 4.79 Å². The first kappa shape index (κ1) is 20.7. The standard InChI is InChI=1S/C25H26N2O4/c1-4-25(28)31-23-15-30-22-12-19(9-10-21(22)23)26-13-17-6-5-7-20(16(17)2)18-8-11-24(29-3)27-14-18/h5-12,14,23,26H,4,13,15H2,1-3H3/t23-/m1/s1. The van der Waals surface area contributed by atoms with E-state index >= 15 is 0 Å². The average Bonchev–Trinajstić information content (AvgIpc) is 3.20.